The van der Waals surface area contributed by atoms with Crippen LogP contribution in [0.25, 0.3) is 0 Å². The molecule has 28 heavy (non-hydrogen) atoms. The third-order valence-corrected chi connectivity index (χ3v) is 5.67. The summed E-state index contributed by atoms with van der Waals surface area (Å²) in [7, 11) is -3.68. The van der Waals surface area contributed by atoms with Crippen LogP contribution in [-0.2, 0) is 33.6 Å². The van der Waals surface area contributed by atoms with Crippen molar-refractivity contribution >= 4 is 16.4 Å². The van der Waals surface area contributed by atoms with Crippen molar-refractivity contribution in [3.63, 3.8) is 0 Å². The van der Waals surface area contributed by atoms with Gasteiger partial charge in [0.1, 0.15) is 18.3 Å². The number of ether oxygens (including phenoxy) is 3. The van der Waals surface area contributed by atoms with E-state index in [9.17, 15) is 33.6 Å². The number of rotatable bonds is 6. The molecule has 2 aliphatic rings. The van der Waals surface area contributed by atoms with Crippen LogP contribution in [0.1, 0.15) is 20.3 Å². The van der Waals surface area contributed by atoms with Gasteiger partial charge in [-0.3, -0.25) is 4.55 Å². The summed E-state index contributed by atoms with van der Waals surface area (Å²) in [4.78, 5) is 11.3. The highest BCUT2D eigenvalue weighted by Gasteiger charge is 2.51. The zero-order chi connectivity index (χ0) is 21.4. The van der Waals surface area contributed by atoms with E-state index in [1.165, 1.54) is 14.0 Å². The van der Waals surface area contributed by atoms with Gasteiger partial charge in [0.2, 0.25) is 0 Å². The van der Waals surface area contributed by atoms with Gasteiger partial charge in [-0.05, 0) is 12.3 Å². The molecule has 1 aliphatic carbocycles. The summed E-state index contributed by atoms with van der Waals surface area (Å²) in [6, 6.07) is 0. The van der Waals surface area contributed by atoms with Gasteiger partial charge in [0.05, 0.1) is 18.3 Å². The fraction of sp³-hybridized carbons (Fsp3) is 0.933. The van der Waals surface area contributed by atoms with Crippen molar-refractivity contribution in [3.05, 3.63) is 0 Å². The molecule has 0 radical (unpaired) electrons. The van der Waals surface area contributed by atoms with E-state index >= 15 is 0 Å². The first kappa shape index (κ1) is 23.4. The lowest BCUT2D eigenvalue weighted by molar-refractivity contribution is -0.313. The first-order chi connectivity index (χ1) is 12.9. The highest BCUT2D eigenvalue weighted by molar-refractivity contribution is 7.80. The lowest BCUT2D eigenvalue weighted by Crippen LogP contribution is -2.61. The molecule has 0 bridgehead atoms. The molecule has 3 unspecified atom stereocenters. The third kappa shape index (κ3) is 4.98. The van der Waals surface area contributed by atoms with Crippen LogP contribution in [0.5, 0.6) is 0 Å². The number of aliphatic carboxylic acids is 1. The van der Waals surface area contributed by atoms with Crippen molar-refractivity contribution in [3.8, 4) is 0 Å². The minimum Gasteiger partial charge on any atom is -0.479 e. The van der Waals surface area contributed by atoms with Crippen LogP contribution in [-0.4, -0.2) is 95.5 Å². The molecule has 0 aromatic heterocycles. The summed E-state index contributed by atoms with van der Waals surface area (Å²) in [5, 5.41) is 39.9. The third-order valence-electron chi connectivity index (χ3n) is 5.20. The van der Waals surface area contributed by atoms with E-state index < -0.39 is 77.2 Å². The van der Waals surface area contributed by atoms with Crippen molar-refractivity contribution in [2.75, 3.05) is 7.11 Å². The van der Waals surface area contributed by atoms with Crippen molar-refractivity contribution in [2.24, 2.45) is 11.8 Å². The monoisotopic (exact) mass is 430 g/mol. The molecule has 12 nitrogen and oxygen atoms in total. The second kappa shape index (κ2) is 8.85. The maximum absolute atomic E-state index is 11.3. The van der Waals surface area contributed by atoms with Gasteiger partial charge in [-0.1, -0.05) is 13.8 Å². The molecule has 13 heteroatoms. The van der Waals surface area contributed by atoms with Gasteiger partial charge >= 0.3 is 16.4 Å². The second-order valence-electron chi connectivity index (χ2n) is 7.17. The molecule has 1 saturated carbocycles. The number of aliphatic hydroxyl groups excluding tert-OH is 3. The summed E-state index contributed by atoms with van der Waals surface area (Å²) in [5.41, 5.74) is 0. The lowest BCUT2D eigenvalue weighted by atomic mass is 9.81. The van der Waals surface area contributed by atoms with E-state index in [1.54, 1.807) is 6.92 Å². The number of carbonyl (C=O) groups is 1. The molecule has 164 valence electrons. The zero-order valence-electron chi connectivity index (χ0n) is 15.5. The lowest BCUT2D eigenvalue weighted by Gasteiger charge is -2.46. The Morgan fingerprint density at radius 1 is 1.07 bits per heavy atom. The van der Waals surface area contributed by atoms with Gasteiger partial charge in [-0.2, -0.15) is 8.42 Å². The van der Waals surface area contributed by atoms with Gasteiger partial charge in [-0.15, -0.1) is 0 Å². The highest BCUT2D eigenvalue weighted by Crippen LogP contribution is 2.35. The Balaban J connectivity index is 2.27. The van der Waals surface area contributed by atoms with Crippen molar-refractivity contribution in [2.45, 2.75) is 69.3 Å². The van der Waals surface area contributed by atoms with Crippen molar-refractivity contribution in [1.29, 1.82) is 0 Å². The fourth-order valence-electron chi connectivity index (χ4n) is 3.62. The Morgan fingerprint density at radius 3 is 2.18 bits per heavy atom. The van der Waals surface area contributed by atoms with Crippen molar-refractivity contribution < 1.29 is 56.6 Å². The molecular weight excluding hydrogens is 404 g/mol. The van der Waals surface area contributed by atoms with Gasteiger partial charge in [-0.25, -0.2) is 8.98 Å². The number of hydrogen-bond acceptors (Lipinski definition) is 10. The predicted octanol–water partition coefficient (Wildman–Crippen LogP) is -1.86. The smallest absolute Gasteiger partial charge is 0.397 e. The number of carboxylic acids is 1. The van der Waals surface area contributed by atoms with Crippen LogP contribution in [0, 0.1) is 11.8 Å². The first-order valence-corrected chi connectivity index (χ1v) is 10.00. The number of methoxy groups -OCH3 is 1. The number of hydrogen-bond donors (Lipinski definition) is 5. The SMILES string of the molecule is COC1CC(C)[C@H](O[C@@H]2OC(C(=O)O)[C@@H](C)[C@@H](O)[C@@H]2O)[C@H](OS(=O)(=O)O)[C@@H]1O. The normalized spacial score (nSPS) is 45.0. The van der Waals surface area contributed by atoms with E-state index in [0.717, 1.165) is 0 Å². The van der Waals surface area contributed by atoms with Crippen LogP contribution in [0.15, 0.2) is 0 Å². The average Bonchev–Trinajstić information content (AvgIpc) is 2.59. The zero-order valence-corrected chi connectivity index (χ0v) is 16.3. The quantitative estimate of drug-likeness (QED) is 0.296. The molecule has 0 amide bonds. The van der Waals surface area contributed by atoms with Crippen LogP contribution >= 0.6 is 0 Å². The van der Waals surface area contributed by atoms with E-state index in [4.69, 9.17) is 18.8 Å². The van der Waals surface area contributed by atoms with Crippen LogP contribution in [0.2, 0.25) is 0 Å². The molecule has 0 aromatic carbocycles. The fourth-order valence-corrected chi connectivity index (χ4v) is 4.12. The summed E-state index contributed by atoms with van der Waals surface area (Å²) in [6.07, 6.45) is -11.3. The highest BCUT2D eigenvalue weighted by atomic mass is 32.3. The molecule has 10 atom stereocenters. The van der Waals surface area contributed by atoms with Crippen LogP contribution in [0.3, 0.4) is 0 Å². The van der Waals surface area contributed by atoms with E-state index in [1.807, 2.05) is 0 Å². The van der Waals surface area contributed by atoms with Gasteiger partial charge in [0.15, 0.2) is 12.4 Å². The Bertz CT molecular complexity index is 653. The Labute approximate surface area is 161 Å². The Hall–Kier alpha value is -0.900. The largest absolute Gasteiger partial charge is 0.479 e. The van der Waals surface area contributed by atoms with E-state index in [-0.39, 0.29) is 6.42 Å². The summed E-state index contributed by atoms with van der Waals surface area (Å²) >= 11 is 0. The standard InChI is InChI=1S/C15H26O12S/c1-5-4-7(24-3)9(17)13(27-28(21,22)23)11(5)25-15-10(18)8(16)6(2)12(26-15)14(19)20/h5-13,15-18H,4H2,1-3H3,(H,19,20)(H,21,22,23)/t5?,6-,7?,8+,9+,10-,11-,12?,13+,15+/m0/s1. The molecule has 1 saturated heterocycles. The van der Waals surface area contributed by atoms with Crippen LogP contribution in [0.4, 0.5) is 0 Å². The maximum atomic E-state index is 11.3. The average molecular weight is 430 g/mol. The molecule has 1 heterocycles. The molecule has 5 N–H and O–H groups in total. The number of aliphatic hydroxyl groups is 3. The Morgan fingerprint density at radius 2 is 1.68 bits per heavy atom. The molecule has 2 rings (SSSR count). The van der Waals surface area contributed by atoms with Gasteiger partial charge in [0.25, 0.3) is 0 Å². The minimum absolute atomic E-state index is 0.206. The predicted molar refractivity (Wildman–Crippen MR) is 89.4 cm³/mol. The van der Waals surface area contributed by atoms with Gasteiger partial charge < -0.3 is 34.6 Å². The van der Waals surface area contributed by atoms with Crippen LogP contribution < -0.4 is 0 Å². The van der Waals surface area contributed by atoms with E-state index in [0.29, 0.717) is 0 Å². The molecule has 2 fully saturated rings. The topological polar surface area (TPSA) is 189 Å². The van der Waals surface area contributed by atoms with Gasteiger partial charge in [0, 0.05) is 13.0 Å². The van der Waals surface area contributed by atoms with Crippen molar-refractivity contribution in [1.82, 2.24) is 0 Å². The molecule has 0 aromatic rings. The Kier molecular flexibility index (Phi) is 7.39. The summed E-state index contributed by atoms with van der Waals surface area (Å²) < 4.78 is 51.9. The second-order valence-corrected chi connectivity index (χ2v) is 8.22. The maximum Gasteiger partial charge on any atom is 0.397 e. The minimum atomic E-state index is -4.99. The molecule has 1 aliphatic heterocycles. The molecular formula is C15H26O12S. The number of carboxylic acid groups (broad SMARTS) is 1. The summed E-state index contributed by atoms with van der Waals surface area (Å²) in [6.45, 7) is 3.00. The first-order valence-electron chi connectivity index (χ1n) is 8.63. The summed E-state index contributed by atoms with van der Waals surface area (Å²) in [5.74, 6) is -2.84. The van der Waals surface area contributed by atoms with E-state index in [2.05, 4.69) is 4.18 Å². The molecule has 0 spiro atoms.